The second kappa shape index (κ2) is 9.23. The molecule has 5 heteroatoms. The van der Waals surface area contributed by atoms with Gasteiger partial charge in [0.15, 0.2) is 0 Å². The molecule has 31 heavy (non-hydrogen) atoms. The van der Waals surface area contributed by atoms with Crippen molar-refractivity contribution in [1.82, 2.24) is 5.32 Å². The molecule has 0 bridgehead atoms. The molecule has 1 aliphatic rings. The first-order valence-corrected chi connectivity index (χ1v) is 11.0. The van der Waals surface area contributed by atoms with Crippen LogP contribution in [0.4, 0.5) is 5.69 Å². The SMILES string of the molecule is Cc1ccc(/C=C2/Sc3ccccc3N(CC(=O)NCc3ccc(C)cc3)C2=O)cc1. The maximum atomic E-state index is 13.3. The molecule has 4 rings (SSSR count). The highest BCUT2D eigenvalue weighted by atomic mass is 32.2. The van der Waals surface area contributed by atoms with Gasteiger partial charge in [0.2, 0.25) is 5.91 Å². The van der Waals surface area contributed by atoms with Crippen molar-refractivity contribution < 1.29 is 9.59 Å². The van der Waals surface area contributed by atoms with Gasteiger partial charge in [0.05, 0.1) is 10.6 Å². The Morgan fingerprint density at radius 2 is 1.58 bits per heavy atom. The number of benzene rings is 3. The number of thioether (sulfide) groups is 1. The highest BCUT2D eigenvalue weighted by Crippen LogP contribution is 2.41. The summed E-state index contributed by atoms with van der Waals surface area (Å²) < 4.78 is 0. The first-order valence-electron chi connectivity index (χ1n) is 10.2. The second-order valence-electron chi connectivity index (χ2n) is 7.64. The lowest BCUT2D eigenvalue weighted by molar-refractivity contribution is -0.122. The molecule has 1 aliphatic heterocycles. The van der Waals surface area contributed by atoms with E-state index in [2.05, 4.69) is 5.32 Å². The Labute approximate surface area is 187 Å². The number of carbonyl (C=O) groups excluding carboxylic acids is 2. The predicted octanol–water partition coefficient (Wildman–Crippen LogP) is 5.10. The van der Waals surface area contributed by atoms with Crippen LogP contribution in [0.15, 0.2) is 82.6 Å². The number of nitrogens with zero attached hydrogens (tertiary/aromatic N) is 1. The number of hydrogen-bond acceptors (Lipinski definition) is 3. The summed E-state index contributed by atoms with van der Waals surface area (Å²) in [5.41, 5.74) is 5.10. The molecule has 1 heterocycles. The Hall–Kier alpha value is -3.31. The number of amides is 2. The average Bonchev–Trinajstić information content (AvgIpc) is 2.77. The maximum Gasteiger partial charge on any atom is 0.265 e. The quantitative estimate of drug-likeness (QED) is 0.575. The molecular formula is C26H24N2O2S. The minimum absolute atomic E-state index is 0.0203. The average molecular weight is 429 g/mol. The number of para-hydroxylation sites is 1. The van der Waals surface area contributed by atoms with Crippen LogP contribution in [0, 0.1) is 13.8 Å². The lowest BCUT2D eigenvalue weighted by atomic mass is 10.1. The van der Waals surface area contributed by atoms with Crippen LogP contribution < -0.4 is 10.2 Å². The van der Waals surface area contributed by atoms with Crippen molar-refractivity contribution in [2.45, 2.75) is 25.3 Å². The van der Waals surface area contributed by atoms with Gasteiger partial charge in [-0.25, -0.2) is 0 Å². The van der Waals surface area contributed by atoms with Gasteiger partial charge in [-0.15, -0.1) is 0 Å². The van der Waals surface area contributed by atoms with Crippen molar-refractivity contribution >= 4 is 35.3 Å². The topological polar surface area (TPSA) is 49.4 Å². The lowest BCUT2D eigenvalue weighted by Crippen LogP contribution is -2.42. The van der Waals surface area contributed by atoms with Gasteiger partial charge in [-0.2, -0.15) is 0 Å². The van der Waals surface area contributed by atoms with Crippen molar-refractivity contribution in [2.24, 2.45) is 0 Å². The fraction of sp³-hybridized carbons (Fsp3) is 0.154. The number of anilines is 1. The third-order valence-electron chi connectivity index (χ3n) is 5.12. The van der Waals surface area contributed by atoms with Crippen LogP contribution in [0.5, 0.6) is 0 Å². The Balaban J connectivity index is 1.53. The second-order valence-corrected chi connectivity index (χ2v) is 8.73. The van der Waals surface area contributed by atoms with Crippen molar-refractivity contribution in [3.05, 3.63) is 100.0 Å². The zero-order chi connectivity index (χ0) is 21.8. The molecule has 0 unspecified atom stereocenters. The fourth-order valence-electron chi connectivity index (χ4n) is 3.34. The van der Waals surface area contributed by atoms with Crippen molar-refractivity contribution in [1.29, 1.82) is 0 Å². The minimum Gasteiger partial charge on any atom is -0.350 e. The molecule has 0 spiro atoms. The molecule has 0 atom stereocenters. The maximum absolute atomic E-state index is 13.3. The van der Waals surface area contributed by atoms with E-state index in [1.54, 1.807) is 4.90 Å². The first-order chi connectivity index (χ1) is 15.0. The predicted molar refractivity (Wildman–Crippen MR) is 127 cm³/mol. The monoisotopic (exact) mass is 428 g/mol. The largest absolute Gasteiger partial charge is 0.350 e. The van der Waals surface area contributed by atoms with Crippen LogP contribution in [-0.4, -0.2) is 18.4 Å². The van der Waals surface area contributed by atoms with E-state index in [1.807, 2.05) is 92.7 Å². The molecule has 2 amide bonds. The van der Waals surface area contributed by atoms with Crippen LogP contribution in [0.2, 0.25) is 0 Å². The number of nitrogens with one attached hydrogen (secondary N) is 1. The zero-order valence-corrected chi connectivity index (χ0v) is 18.4. The van der Waals surface area contributed by atoms with Crippen LogP contribution in [0.25, 0.3) is 6.08 Å². The molecule has 3 aromatic carbocycles. The van der Waals surface area contributed by atoms with E-state index in [9.17, 15) is 9.59 Å². The minimum atomic E-state index is -0.190. The summed E-state index contributed by atoms with van der Waals surface area (Å²) in [6.45, 7) is 4.48. The number of hydrogen-bond donors (Lipinski definition) is 1. The third-order valence-corrected chi connectivity index (χ3v) is 6.20. The summed E-state index contributed by atoms with van der Waals surface area (Å²) in [7, 11) is 0. The Morgan fingerprint density at radius 3 is 2.29 bits per heavy atom. The summed E-state index contributed by atoms with van der Waals surface area (Å²) in [4.78, 5) is 29.1. The van der Waals surface area contributed by atoms with Gasteiger partial charge in [0, 0.05) is 11.4 Å². The number of rotatable bonds is 5. The van der Waals surface area contributed by atoms with E-state index in [4.69, 9.17) is 0 Å². The first kappa shape index (κ1) is 20.9. The van der Waals surface area contributed by atoms with Gasteiger partial charge in [0.25, 0.3) is 5.91 Å². The molecule has 3 aromatic rings. The zero-order valence-electron chi connectivity index (χ0n) is 17.6. The van der Waals surface area contributed by atoms with Crippen LogP contribution >= 0.6 is 11.8 Å². The van der Waals surface area contributed by atoms with E-state index < -0.39 is 0 Å². The van der Waals surface area contributed by atoms with Crippen LogP contribution in [0.1, 0.15) is 22.3 Å². The number of carbonyl (C=O) groups is 2. The molecule has 0 aromatic heterocycles. The molecule has 0 saturated heterocycles. The molecule has 0 aliphatic carbocycles. The molecule has 0 radical (unpaired) electrons. The van der Waals surface area contributed by atoms with Gasteiger partial charge in [0.1, 0.15) is 6.54 Å². The van der Waals surface area contributed by atoms with E-state index in [0.717, 1.165) is 21.7 Å². The van der Waals surface area contributed by atoms with Gasteiger partial charge in [-0.3, -0.25) is 14.5 Å². The number of fused-ring (bicyclic) bond motifs is 1. The smallest absolute Gasteiger partial charge is 0.265 e. The van der Waals surface area contributed by atoms with E-state index in [0.29, 0.717) is 11.4 Å². The fourth-order valence-corrected chi connectivity index (χ4v) is 4.40. The Kier molecular flexibility index (Phi) is 6.23. The third kappa shape index (κ3) is 5.06. The van der Waals surface area contributed by atoms with Crippen LogP contribution in [-0.2, 0) is 16.1 Å². The van der Waals surface area contributed by atoms with E-state index in [1.165, 1.54) is 22.9 Å². The molecule has 0 saturated carbocycles. The Bertz CT molecular complexity index is 1130. The van der Waals surface area contributed by atoms with Gasteiger partial charge in [-0.1, -0.05) is 83.6 Å². The summed E-state index contributed by atoms with van der Waals surface area (Å²) in [5, 5.41) is 2.93. The summed E-state index contributed by atoms with van der Waals surface area (Å²) in [6, 6.07) is 23.8. The van der Waals surface area contributed by atoms with Gasteiger partial charge >= 0.3 is 0 Å². The Morgan fingerprint density at radius 1 is 0.935 bits per heavy atom. The van der Waals surface area contributed by atoms with E-state index >= 15 is 0 Å². The normalized spacial score (nSPS) is 14.5. The standard InChI is InChI=1S/C26H24N2O2S/c1-18-7-11-20(12-8-18)15-24-26(30)28(22-5-3-4-6-23(22)31-24)17-25(29)27-16-21-13-9-19(2)10-14-21/h3-15H,16-17H2,1-2H3,(H,27,29)/b24-15+. The van der Waals surface area contributed by atoms with Crippen molar-refractivity contribution in [3.63, 3.8) is 0 Å². The van der Waals surface area contributed by atoms with Crippen LogP contribution in [0.3, 0.4) is 0 Å². The molecule has 4 nitrogen and oxygen atoms in total. The van der Waals surface area contributed by atoms with Crippen molar-refractivity contribution in [2.75, 3.05) is 11.4 Å². The van der Waals surface area contributed by atoms with Crippen molar-refractivity contribution in [3.8, 4) is 0 Å². The number of aryl methyl sites for hydroxylation is 2. The summed E-state index contributed by atoms with van der Waals surface area (Å²) >= 11 is 1.44. The molecule has 0 fully saturated rings. The summed E-state index contributed by atoms with van der Waals surface area (Å²) in [6.07, 6.45) is 1.89. The molecular weight excluding hydrogens is 404 g/mol. The highest BCUT2D eigenvalue weighted by Gasteiger charge is 2.30. The summed E-state index contributed by atoms with van der Waals surface area (Å²) in [5.74, 6) is -0.347. The van der Waals surface area contributed by atoms with E-state index in [-0.39, 0.29) is 18.4 Å². The molecule has 1 N–H and O–H groups in total. The molecule has 156 valence electrons. The van der Waals surface area contributed by atoms with Gasteiger partial charge in [-0.05, 0) is 43.2 Å². The highest BCUT2D eigenvalue weighted by molar-refractivity contribution is 8.04. The lowest BCUT2D eigenvalue weighted by Gasteiger charge is -2.29. The van der Waals surface area contributed by atoms with Gasteiger partial charge < -0.3 is 5.32 Å².